The molecule has 1 atom stereocenters. The Labute approximate surface area is 111 Å². The highest BCUT2D eigenvalue weighted by molar-refractivity contribution is 7.91. The molecule has 0 aromatic carbocycles. The van der Waals surface area contributed by atoms with Crippen LogP contribution in [-0.2, 0) is 14.8 Å². The van der Waals surface area contributed by atoms with E-state index in [1.165, 1.54) is 6.07 Å². The minimum absolute atomic E-state index is 0.101. The lowest BCUT2D eigenvalue weighted by molar-refractivity contribution is -0.0156. The van der Waals surface area contributed by atoms with E-state index in [-0.39, 0.29) is 16.9 Å². The Balaban J connectivity index is 1.93. The molecule has 1 aliphatic heterocycles. The Morgan fingerprint density at radius 2 is 2.44 bits per heavy atom. The quantitative estimate of drug-likeness (QED) is 0.812. The van der Waals surface area contributed by atoms with Gasteiger partial charge < -0.3 is 15.4 Å². The maximum atomic E-state index is 11.9. The van der Waals surface area contributed by atoms with E-state index >= 15 is 0 Å². The number of anilines is 1. The van der Waals surface area contributed by atoms with Crippen LogP contribution in [0.4, 0.5) is 5.69 Å². The fraction of sp³-hybridized carbons (Fsp3) is 0.600. The summed E-state index contributed by atoms with van der Waals surface area (Å²) in [6.07, 6.45) is -0.101. The van der Waals surface area contributed by atoms with Crippen LogP contribution >= 0.6 is 11.3 Å². The lowest BCUT2D eigenvalue weighted by Crippen LogP contribution is -2.45. The van der Waals surface area contributed by atoms with Crippen LogP contribution in [0.5, 0.6) is 0 Å². The second-order valence-electron chi connectivity index (χ2n) is 4.31. The first kappa shape index (κ1) is 13.8. The molecule has 0 spiro atoms. The molecule has 0 aliphatic carbocycles. The van der Waals surface area contributed by atoms with Crippen molar-refractivity contribution < 1.29 is 13.2 Å². The van der Waals surface area contributed by atoms with Crippen molar-refractivity contribution in [1.29, 1.82) is 0 Å². The Morgan fingerprint density at radius 3 is 3.06 bits per heavy atom. The Kier molecular flexibility index (Phi) is 4.23. The van der Waals surface area contributed by atoms with Gasteiger partial charge in [0.1, 0.15) is 4.21 Å². The van der Waals surface area contributed by atoms with Crippen molar-refractivity contribution >= 4 is 27.0 Å². The number of rotatable bonds is 4. The molecule has 0 bridgehead atoms. The molecule has 0 amide bonds. The molecule has 102 valence electrons. The number of hydrogen-bond donors (Lipinski definition) is 2. The van der Waals surface area contributed by atoms with Crippen molar-refractivity contribution in [1.82, 2.24) is 9.62 Å². The van der Waals surface area contributed by atoms with Crippen molar-refractivity contribution in [2.75, 3.05) is 39.0 Å². The van der Waals surface area contributed by atoms with Gasteiger partial charge in [-0.3, -0.25) is 0 Å². The minimum atomic E-state index is -3.47. The molecule has 8 heteroatoms. The van der Waals surface area contributed by atoms with Crippen LogP contribution in [0, 0.1) is 0 Å². The van der Waals surface area contributed by atoms with E-state index in [0.29, 0.717) is 12.3 Å². The molecule has 3 N–H and O–H groups in total. The fourth-order valence-corrected chi connectivity index (χ4v) is 3.93. The zero-order chi connectivity index (χ0) is 13.2. The van der Waals surface area contributed by atoms with E-state index in [9.17, 15) is 8.42 Å². The number of nitrogens with two attached hydrogens (primary N) is 1. The number of morpholine rings is 1. The molecule has 18 heavy (non-hydrogen) atoms. The molecule has 1 aromatic rings. The summed E-state index contributed by atoms with van der Waals surface area (Å²) in [4.78, 5) is 2.12. The summed E-state index contributed by atoms with van der Waals surface area (Å²) in [5.41, 5.74) is 5.99. The van der Waals surface area contributed by atoms with Crippen LogP contribution in [0.25, 0.3) is 0 Å². The predicted molar refractivity (Wildman–Crippen MR) is 71.2 cm³/mol. The van der Waals surface area contributed by atoms with E-state index in [4.69, 9.17) is 10.5 Å². The summed E-state index contributed by atoms with van der Waals surface area (Å²) in [5, 5.41) is 1.61. The van der Waals surface area contributed by atoms with Gasteiger partial charge in [-0.1, -0.05) is 0 Å². The van der Waals surface area contributed by atoms with Crippen molar-refractivity contribution in [2.24, 2.45) is 0 Å². The van der Waals surface area contributed by atoms with Gasteiger partial charge in [0, 0.05) is 30.7 Å². The van der Waals surface area contributed by atoms with Gasteiger partial charge in [0.05, 0.1) is 12.7 Å². The van der Waals surface area contributed by atoms with Crippen molar-refractivity contribution in [2.45, 2.75) is 10.3 Å². The fourth-order valence-electron chi connectivity index (χ4n) is 1.74. The number of likely N-dealkylation sites (N-methyl/N-ethyl adjacent to an activating group) is 1. The smallest absolute Gasteiger partial charge is 0.250 e. The maximum Gasteiger partial charge on any atom is 0.250 e. The molecule has 0 radical (unpaired) electrons. The van der Waals surface area contributed by atoms with Gasteiger partial charge in [-0.25, -0.2) is 13.1 Å². The van der Waals surface area contributed by atoms with E-state index in [2.05, 4.69) is 9.62 Å². The number of nitrogens with zero attached hydrogens (tertiary/aromatic N) is 1. The summed E-state index contributed by atoms with van der Waals surface area (Å²) in [6, 6.07) is 1.46. The minimum Gasteiger partial charge on any atom is -0.398 e. The summed E-state index contributed by atoms with van der Waals surface area (Å²) in [5.74, 6) is 0. The molecule has 0 saturated carbocycles. The highest BCUT2D eigenvalue weighted by atomic mass is 32.2. The van der Waals surface area contributed by atoms with Gasteiger partial charge in [0.2, 0.25) is 10.0 Å². The highest BCUT2D eigenvalue weighted by Crippen LogP contribution is 2.21. The third-order valence-corrected chi connectivity index (χ3v) is 5.58. The van der Waals surface area contributed by atoms with Crippen LogP contribution in [0.3, 0.4) is 0 Å². The van der Waals surface area contributed by atoms with Gasteiger partial charge in [-0.15, -0.1) is 11.3 Å². The molecule has 1 aromatic heterocycles. The van der Waals surface area contributed by atoms with E-state index in [1.807, 2.05) is 7.05 Å². The van der Waals surface area contributed by atoms with Crippen molar-refractivity contribution in [3.05, 3.63) is 11.4 Å². The van der Waals surface area contributed by atoms with Gasteiger partial charge in [-0.2, -0.15) is 0 Å². The molecule has 1 fully saturated rings. The first-order valence-corrected chi connectivity index (χ1v) is 7.97. The van der Waals surface area contributed by atoms with Crippen LogP contribution in [0.1, 0.15) is 0 Å². The summed E-state index contributed by atoms with van der Waals surface area (Å²) < 4.78 is 32.2. The average Bonchev–Trinajstić information content (AvgIpc) is 2.74. The summed E-state index contributed by atoms with van der Waals surface area (Å²) in [6.45, 7) is 2.53. The molecule has 1 aliphatic rings. The van der Waals surface area contributed by atoms with Gasteiger partial charge in [0.25, 0.3) is 0 Å². The average molecular weight is 291 g/mol. The molecule has 1 unspecified atom stereocenters. The first-order valence-electron chi connectivity index (χ1n) is 5.61. The number of thiophene rings is 1. The molecule has 1 saturated heterocycles. The number of nitrogen functional groups attached to an aromatic ring is 1. The zero-order valence-electron chi connectivity index (χ0n) is 10.1. The standard InChI is InChI=1S/C10H17N3O3S2/c1-13-2-3-16-9(6-13)5-12-18(14,15)10-4-8(11)7-17-10/h4,7,9,12H,2-3,5-6,11H2,1H3. The molecule has 2 rings (SSSR count). The number of sulfonamides is 1. The SMILES string of the molecule is CN1CCOC(CNS(=O)(=O)c2cc(N)cs2)C1. The lowest BCUT2D eigenvalue weighted by atomic mass is 10.3. The maximum absolute atomic E-state index is 11.9. The first-order chi connectivity index (χ1) is 8.47. The summed E-state index contributed by atoms with van der Waals surface area (Å²) in [7, 11) is -1.48. The third kappa shape index (κ3) is 3.42. The van der Waals surface area contributed by atoms with E-state index in [1.54, 1.807) is 5.38 Å². The number of ether oxygens (including phenoxy) is 1. The molecule has 2 heterocycles. The highest BCUT2D eigenvalue weighted by Gasteiger charge is 2.22. The largest absolute Gasteiger partial charge is 0.398 e. The molecular formula is C10H17N3O3S2. The third-order valence-electron chi connectivity index (χ3n) is 2.70. The van der Waals surface area contributed by atoms with Crippen molar-refractivity contribution in [3.8, 4) is 0 Å². The number of nitrogens with one attached hydrogen (secondary N) is 1. The van der Waals surface area contributed by atoms with Crippen molar-refractivity contribution in [3.63, 3.8) is 0 Å². The van der Waals surface area contributed by atoms with Crippen LogP contribution < -0.4 is 10.5 Å². The van der Waals surface area contributed by atoms with E-state index < -0.39 is 10.0 Å². The van der Waals surface area contributed by atoms with E-state index in [0.717, 1.165) is 24.4 Å². The normalized spacial score (nSPS) is 22.2. The molecule has 6 nitrogen and oxygen atoms in total. The predicted octanol–water partition coefficient (Wildman–Crippen LogP) is -0.0608. The Morgan fingerprint density at radius 1 is 1.67 bits per heavy atom. The van der Waals surface area contributed by atoms with Crippen LogP contribution in [-0.4, -0.2) is 52.7 Å². The van der Waals surface area contributed by atoms with Gasteiger partial charge in [0.15, 0.2) is 0 Å². The molecular weight excluding hydrogens is 274 g/mol. The number of hydrogen-bond acceptors (Lipinski definition) is 6. The topological polar surface area (TPSA) is 84.7 Å². The van der Waals surface area contributed by atoms with Gasteiger partial charge in [-0.05, 0) is 13.1 Å². The van der Waals surface area contributed by atoms with Crippen LogP contribution in [0.15, 0.2) is 15.7 Å². The lowest BCUT2D eigenvalue weighted by Gasteiger charge is -2.29. The Bertz CT molecular complexity index is 500. The Hall–Kier alpha value is -0.670. The summed E-state index contributed by atoms with van der Waals surface area (Å²) >= 11 is 1.12. The zero-order valence-corrected chi connectivity index (χ0v) is 11.8. The second-order valence-corrected chi connectivity index (χ2v) is 7.21. The monoisotopic (exact) mass is 291 g/mol. The van der Waals surface area contributed by atoms with Gasteiger partial charge >= 0.3 is 0 Å². The van der Waals surface area contributed by atoms with Crippen LogP contribution in [0.2, 0.25) is 0 Å². The second kappa shape index (κ2) is 5.54.